The van der Waals surface area contributed by atoms with Crippen LogP contribution in [0.25, 0.3) is 0 Å². The zero-order valence-electron chi connectivity index (χ0n) is 16.3. The average molecular weight is 399 g/mol. The normalized spacial score (nSPS) is 15.6. The summed E-state index contributed by atoms with van der Waals surface area (Å²) in [7, 11) is 2.06. The van der Waals surface area contributed by atoms with E-state index in [0.29, 0.717) is 5.01 Å². The monoisotopic (exact) mass is 398 g/mol. The van der Waals surface area contributed by atoms with Crippen LogP contribution in [0, 0.1) is 6.92 Å². The fourth-order valence-electron chi connectivity index (χ4n) is 2.94. The highest BCUT2D eigenvalue weighted by molar-refractivity contribution is 7.11. The fourth-order valence-corrected chi connectivity index (χ4v) is 3.50. The van der Waals surface area contributed by atoms with Crippen molar-refractivity contribution in [2.45, 2.75) is 13.3 Å². The number of hydrogen-bond donors (Lipinski definition) is 1. The lowest BCUT2D eigenvalue weighted by molar-refractivity contribution is 0.0663. The van der Waals surface area contributed by atoms with Gasteiger partial charge in [0.15, 0.2) is 5.01 Å². The predicted octanol–water partition coefficient (Wildman–Crippen LogP) is 2.41. The van der Waals surface area contributed by atoms with Gasteiger partial charge in [0.2, 0.25) is 0 Å². The lowest BCUT2D eigenvalue weighted by Crippen LogP contribution is -2.47. The molecule has 0 spiro atoms. The van der Waals surface area contributed by atoms with Gasteiger partial charge in [0.25, 0.3) is 5.91 Å². The minimum absolute atomic E-state index is 0.0319. The van der Waals surface area contributed by atoms with E-state index in [9.17, 15) is 4.79 Å². The van der Waals surface area contributed by atoms with Gasteiger partial charge < -0.3 is 15.1 Å². The maximum atomic E-state index is 12.4. The summed E-state index contributed by atoms with van der Waals surface area (Å²) in [6.45, 7) is 6.21. The molecule has 0 radical (unpaired) electrons. The molecule has 2 aliphatic rings. The van der Waals surface area contributed by atoms with E-state index in [2.05, 4.69) is 56.5 Å². The molecule has 8 heteroatoms. The summed E-state index contributed by atoms with van der Waals surface area (Å²) in [6.07, 6.45) is 4.25. The summed E-state index contributed by atoms with van der Waals surface area (Å²) in [5, 5.41) is 3.74. The van der Waals surface area contributed by atoms with Gasteiger partial charge in [-0.2, -0.15) is 0 Å². The van der Waals surface area contributed by atoms with Crippen molar-refractivity contribution in [2.75, 3.05) is 45.1 Å². The van der Waals surface area contributed by atoms with E-state index in [1.54, 1.807) is 11.7 Å². The molecule has 0 bridgehead atoms. The number of carbonyl (C=O) groups excluding carboxylic acids is 1. The summed E-state index contributed by atoms with van der Waals surface area (Å²) in [6, 6.07) is 8.46. The Hall–Kier alpha value is -2.58. The highest BCUT2D eigenvalue weighted by Crippen LogP contribution is 2.20. The van der Waals surface area contributed by atoms with Crippen LogP contribution < -0.4 is 5.32 Å². The van der Waals surface area contributed by atoms with E-state index in [-0.39, 0.29) is 5.91 Å². The first-order valence-electron chi connectivity index (χ1n) is 9.38. The Labute approximate surface area is 169 Å². The molecule has 3 heterocycles. The number of nitrogens with zero attached hydrogens (tertiary/aromatic N) is 5. The van der Waals surface area contributed by atoms with Gasteiger partial charge in [0.05, 0.1) is 11.2 Å². The van der Waals surface area contributed by atoms with Gasteiger partial charge in [0.1, 0.15) is 6.33 Å². The SMILES string of the molecule is Cc1cnc(C(=O)N2CCN(C)CC2)scncn1.c1ccc2c(c1)CCN2. The quantitative estimate of drug-likeness (QED) is 0.795. The number of para-hydroxylation sites is 1. The van der Waals surface area contributed by atoms with Gasteiger partial charge in [-0.05, 0) is 32.0 Å². The number of carbonyl (C=O) groups is 1. The van der Waals surface area contributed by atoms with Crippen LogP contribution >= 0.6 is 11.3 Å². The zero-order chi connectivity index (χ0) is 19.8. The highest BCUT2D eigenvalue weighted by Gasteiger charge is 2.21. The van der Waals surface area contributed by atoms with Crippen LogP contribution in [0.3, 0.4) is 0 Å². The number of amides is 1. The molecule has 1 aromatic heterocycles. The van der Waals surface area contributed by atoms with Crippen molar-refractivity contribution in [1.82, 2.24) is 24.8 Å². The van der Waals surface area contributed by atoms with E-state index < -0.39 is 0 Å². The van der Waals surface area contributed by atoms with E-state index in [0.717, 1.165) is 38.4 Å². The minimum Gasteiger partial charge on any atom is -0.384 e. The van der Waals surface area contributed by atoms with Crippen molar-refractivity contribution in [2.24, 2.45) is 0 Å². The van der Waals surface area contributed by atoms with Crippen molar-refractivity contribution in [3.63, 3.8) is 0 Å². The van der Waals surface area contributed by atoms with Crippen LogP contribution in [0.1, 0.15) is 21.1 Å². The van der Waals surface area contributed by atoms with Gasteiger partial charge in [-0.3, -0.25) is 4.79 Å². The zero-order valence-corrected chi connectivity index (χ0v) is 17.2. The number of hydrogen-bond acceptors (Lipinski definition) is 7. The molecule has 1 amide bonds. The molecule has 0 unspecified atom stereocenters. The summed E-state index contributed by atoms with van der Waals surface area (Å²) in [5.41, 5.74) is 5.08. The van der Waals surface area contributed by atoms with E-state index in [1.807, 2.05) is 11.8 Å². The number of fused-ring (bicyclic) bond motifs is 1. The maximum Gasteiger partial charge on any atom is 0.282 e. The smallest absolute Gasteiger partial charge is 0.282 e. The standard InChI is InChI=1S/C12H17N5OS.C8H9N/c1-10-7-14-11(19-9-13-8-15-10)12(18)17-5-3-16(2)4-6-17;1-2-4-8-7(3-1)5-6-9-8/h7-9H,3-6H2,1-2H3;1-4,9H,5-6H2. The average Bonchev–Trinajstić information content (AvgIpc) is 3.22. The summed E-state index contributed by atoms with van der Waals surface area (Å²) >= 11 is 1.23. The molecule has 0 aliphatic carbocycles. The van der Waals surface area contributed by atoms with Crippen LogP contribution in [0.2, 0.25) is 0 Å². The van der Waals surface area contributed by atoms with Gasteiger partial charge in [-0.1, -0.05) is 29.5 Å². The third-order valence-electron chi connectivity index (χ3n) is 4.62. The molecule has 1 aromatic carbocycles. The molecular formula is C20H26N6OS. The van der Waals surface area contributed by atoms with Crippen molar-refractivity contribution in [1.29, 1.82) is 0 Å². The molecule has 28 heavy (non-hydrogen) atoms. The molecule has 1 fully saturated rings. The summed E-state index contributed by atoms with van der Waals surface area (Å²) in [4.78, 5) is 28.7. The number of rotatable bonds is 1. The largest absolute Gasteiger partial charge is 0.384 e. The van der Waals surface area contributed by atoms with Crippen LogP contribution in [0.4, 0.5) is 5.69 Å². The van der Waals surface area contributed by atoms with Gasteiger partial charge in [0, 0.05) is 44.6 Å². The summed E-state index contributed by atoms with van der Waals surface area (Å²) in [5.74, 6) is -0.0319. The number of benzene rings is 1. The topological polar surface area (TPSA) is 74.2 Å². The first-order valence-corrected chi connectivity index (χ1v) is 10.3. The molecule has 1 N–H and O–H groups in total. The predicted molar refractivity (Wildman–Crippen MR) is 112 cm³/mol. The molecular weight excluding hydrogens is 372 g/mol. The Balaban J connectivity index is 0.000000206. The minimum atomic E-state index is -0.0319. The number of aromatic nitrogens is 3. The van der Waals surface area contributed by atoms with Gasteiger partial charge in [-0.15, -0.1) is 0 Å². The Morgan fingerprint density at radius 1 is 1.14 bits per heavy atom. The summed E-state index contributed by atoms with van der Waals surface area (Å²) < 4.78 is 0. The Bertz CT molecular complexity index is 823. The molecule has 2 aromatic rings. The number of aryl methyl sites for hydroxylation is 1. The van der Waals surface area contributed by atoms with Crippen LogP contribution in [-0.4, -0.2) is 70.4 Å². The van der Waals surface area contributed by atoms with Crippen LogP contribution in [0.15, 0.2) is 42.3 Å². The number of likely N-dealkylation sites (N-methyl/N-ethyl adjacent to an activating group) is 1. The molecule has 0 saturated carbocycles. The molecule has 1 saturated heterocycles. The van der Waals surface area contributed by atoms with Crippen LogP contribution in [0.5, 0.6) is 0 Å². The second-order valence-electron chi connectivity index (χ2n) is 6.75. The van der Waals surface area contributed by atoms with E-state index >= 15 is 0 Å². The number of nitrogens with one attached hydrogen (secondary N) is 1. The van der Waals surface area contributed by atoms with Crippen molar-refractivity contribution >= 4 is 22.9 Å². The van der Waals surface area contributed by atoms with E-state index in [4.69, 9.17) is 0 Å². The van der Waals surface area contributed by atoms with Crippen molar-refractivity contribution < 1.29 is 4.79 Å². The van der Waals surface area contributed by atoms with Crippen molar-refractivity contribution in [3.8, 4) is 0 Å². The second-order valence-corrected chi connectivity index (χ2v) is 7.58. The highest BCUT2D eigenvalue weighted by atomic mass is 32.1. The molecule has 0 atom stereocenters. The molecule has 2 aliphatic heterocycles. The Morgan fingerprint density at radius 3 is 2.71 bits per heavy atom. The second kappa shape index (κ2) is 10.1. The molecule has 148 valence electrons. The lowest BCUT2D eigenvalue weighted by Gasteiger charge is -2.31. The number of anilines is 1. The third-order valence-corrected chi connectivity index (χ3v) is 5.35. The Morgan fingerprint density at radius 2 is 1.93 bits per heavy atom. The number of piperazine rings is 1. The van der Waals surface area contributed by atoms with E-state index in [1.165, 1.54) is 35.3 Å². The molecule has 4 rings (SSSR count). The molecule has 7 nitrogen and oxygen atoms in total. The van der Waals surface area contributed by atoms with Gasteiger partial charge >= 0.3 is 0 Å². The fraction of sp³-hybridized carbons (Fsp3) is 0.400. The first-order chi connectivity index (χ1) is 13.6. The lowest BCUT2D eigenvalue weighted by atomic mass is 10.2. The Kier molecular flexibility index (Phi) is 7.27. The first kappa shape index (κ1) is 20.2. The maximum absolute atomic E-state index is 12.4. The van der Waals surface area contributed by atoms with Crippen molar-refractivity contribution in [3.05, 3.63) is 58.6 Å². The van der Waals surface area contributed by atoms with Gasteiger partial charge in [-0.25, -0.2) is 15.0 Å². The van der Waals surface area contributed by atoms with Crippen LogP contribution in [-0.2, 0) is 6.42 Å². The third kappa shape index (κ3) is 5.71.